The van der Waals surface area contributed by atoms with Crippen LogP contribution < -0.4 is 9.64 Å². The van der Waals surface area contributed by atoms with E-state index in [4.69, 9.17) is 19.0 Å². The Morgan fingerprint density at radius 2 is 1.47 bits per heavy atom. The van der Waals surface area contributed by atoms with Crippen LogP contribution in [0, 0.1) is 11.3 Å². The predicted molar refractivity (Wildman–Crippen MR) is 300 cm³/mol. The summed E-state index contributed by atoms with van der Waals surface area (Å²) < 4.78 is 58.7. The standard InChI is InChI=1S/C61H79N4O6PS/c1-46(2)65(47(3)4)72(70-44-25-40-62)69-43-22-12-10-9-11-20-41-64-55-37-34-48-26-16-17-31-52(48)58(55)61(7,8)57(64)39-36-50-28-24-27-49(59(50)71-51-29-14-13-15-30-51)35-38-56-60(5,6)53-32-18-19-33-54(53)63(56)42-21-23-45-73(66,67)68/h13-19,26,29-39,46-47H,9-12,20-25,27-28,41-45H2,1-8H3. The lowest BCUT2D eigenvalue weighted by molar-refractivity contribution is -0.438. The zero-order chi connectivity index (χ0) is 52.2. The summed E-state index contributed by atoms with van der Waals surface area (Å²) in [5.41, 5.74) is 9.17. The highest BCUT2D eigenvalue weighted by molar-refractivity contribution is 7.85. The van der Waals surface area contributed by atoms with Crippen LogP contribution in [0.15, 0.2) is 138 Å². The van der Waals surface area contributed by atoms with Crippen molar-refractivity contribution in [3.63, 3.8) is 0 Å². The second-order valence-corrected chi connectivity index (χ2v) is 24.3. The first-order chi connectivity index (χ1) is 35.0. The molecule has 1 unspecified atom stereocenters. The van der Waals surface area contributed by atoms with Crippen LogP contribution in [0.5, 0.6) is 5.75 Å². The van der Waals surface area contributed by atoms with Crippen LogP contribution in [0.25, 0.3) is 10.8 Å². The quantitative estimate of drug-likeness (QED) is 0.0262. The molecule has 12 heteroatoms. The maximum Gasteiger partial charge on any atom is 0.259 e. The Balaban J connectivity index is 1.13. The van der Waals surface area contributed by atoms with Crippen molar-refractivity contribution in [2.24, 2.45) is 0 Å². The van der Waals surface area contributed by atoms with E-state index >= 15 is 0 Å². The third kappa shape index (κ3) is 13.9. The Hall–Kier alpha value is -4.92. The number of hydrogen-bond donors (Lipinski definition) is 0. The summed E-state index contributed by atoms with van der Waals surface area (Å²) in [5.74, 6) is 1.33. The molecule has 0 spiro atoms. The van der Waals surface area contributed by atoms with Gasteiger partial charge in [-0.25, -0.2) is 13.1 Å². The summed E-state index contributed by atoms with van der Waals surface area (Å²) >= 11 is 0. The number of hydrogen-bond acceptors (Lipinski definition) is 9. The summed E-state index contributed by atoms with van der Waals surface area (Å²) in [4.78, 5) is 2.31. The van der Waals surface area contributed by atoms with Crippen molar-refractivity contribution in [1.29, 1.82) is 5.26 Å². The number of para-hydroxylation sites is 2. The second kappa shape index (κ2) is 25.5. The number of rotatable bonds is 26. The van der Waals surface area contributed by atoms with E-state index in [1.165, 1.54) is 38.9 Å². The molecule has 10 nitrogen and oxygen atoms in total. The largest absolute Gasteiger partial charge is 0.748 e. The fraction of sp³-hybridized carbons (Fsp3) is 0.475. The summed E-state index contributed by atoms with van der Waals surface area (Å²) in [5, 5.41) is 11.6. The average Bonchev–Trinajstić information content (AvgIpc) is 3.71. The summed E-state index contributed by atoms with van der Waals surface area (Å²) in [6.45, 7) is 20.5. The molecule has 390 valence electrons. The van der Waals surface area contributed by atoms with Crippen molar-refractivity contribution >= 4 is 46.5 Å². The number of allylic oxidation sites excluding steroid dienone is 7. The van der Waals surface area contributed by atoms with Crippen LogP contribution in [-0.4, -0.2) is 72.1 Å². The lowest BCUT2D eigenvalue weighted by Gasteiger charge is -2.35. The molecule has 4 aromatic carbocycles. The summed E-state index contributed by atoms with van der Waals surface area (Å²) in [6, 6.07) is 34.7. The first kappa shape index (κ1) is 55.8. The van der Waals surface area contributed by atoms with Crippen molar-refractivity contribution in [3.05, 3.63) is 149 Å². The minimum Gasteiger partial charge on any atom is -0.748 e. The van der Waals surface area contributed by atoms with Crippen LogP contribution in [0.1, 0.15) is 144 Å². The minimum atomic E-state index is -4.27. The molecule has 0 N–H and O–H groups in total. The number of ether oxygens (including phenoxy) is 1. The molecule has 0 saturated carbocycles. The van der Waals surface area contributed by atoms with Gasteiger partial charge in [-0.3, -0.25) is 0 Å². The molecule has 4 aromatic rings. The van der Waals surface area contributed by atoms with Crippen molar-refractivity contribution in [2.75, 3.05) is 37.0 Å². The molecule has 1 atom stereocenters. The van der Waals surface area contributed by atoms with E-state index in [1.807, 2.05) is 30.3 Å². The molecule has 2 aliphatic heterocycles. The molecule has 2 heterocycles. The highest BCUT2D eigenvalue weighted by Gasteiger charge is 2.45. The summed E-state index contributed by atoms with van der Waals surface area (Å²) in [7, 11) is -5.48. The third-order valence-electron chi connectivity index (χ3n) is 14.5. The molecule has 3 aliphatic rings. The number of nitriles is 1. The molecular formula is C61H79N4O6PS. The smallest absolute Gasteiger partial charge is 0.259 e. The number of unbranched alkanes of at least 4 members (excludes halogenated alkanes) is 6. The molecule has 0 saturated heterocycles. The molecule has 0 amide bonds. The Labute approximate surface area is 438 Å². The fourth-order valence-electron chi connectivity index (χ4n) is 11.1. The first-order valence-corrected chi connectivity index (χ1v) is 29.5. The number of anilines is 1. The van der Waals surface area contributed by atoms with Crippen LogP contribution >= 0.6 is 8.53 Å². The molecule has 73 heavy (non-hydrogen) atoms. The van der Waals surface area contributed by atoms with E-state index < -0.39 is 18.6 Å². The lowest BCUT2D eigenvalue weighted by atomic mass is 9.78. The average molecular weight is 1030 g/mol. The Kier molecular flexibility index (Phi) is 19.5. The summed E-state index contributed by atoms with van der Waals surface area (Å²) in [6.07, 6.45) is 19.8. The van der Waals surface area contributed by atoms with Gasteiger partial charge in [-0.2, -0.15) is 9.84 Å². The van der Waals surface area contributed by atoms with Gasteiger partial charge in [-0.15, -0.1) is 0 Å². The Morgan fingerprint density at radius 3 is 2.21 bits per heavy atom. The topological polar surface area (TPSA) is 118 Å². The maximum atomic E-state index is 11.5. The Morgan fingerprint density at radius 1 is 0.781 bits per heavy atom. The van der Waals surface area contributed by atoms with Gasteiger partial charge in [0, 0.05) is 65.3 Å². The number of fused-ring (bicyclic) bond motifs is 4. The van der Waals surface area contributed by atoms with Gasteiger partial charge in [0.2, 0.25) is 5.69 Å². The molecule has 0 fully saturated rings. The lowest BCUT2D eigenvalue weighted by Crippen LogP contribution is -2.33. The normalized spacial score (nSPS) is 18.0. The van der Waals surface area contributed by atoms with Crippen molar-refractivity contribution < 1.29 is 31.3 Å². The van der Waals surface area contributed by atoms with E-state index in [1.54, 1.807) is 0 Å². The maximum absolute atomic E-state index is 11.5. The van der Waals surface area contributed by atoms with Crippen molar-refractivity contribution in [3.8, 4) is 11.8 Å². The first-order valence-electron chi connectivity index (χ1n) is 26.8. The van der Waals surface area contributed by atoms with Gasteiger partial charge in [0.1, 0.15) is 18.1 Å². The van der Waals surface area contributed by atoms with E-state index in [-0.39, 0.29) is 28.7 Å². The van der Waals surface area contributed by atoms with Crippen LogP contribution in [0.4, 0.5) is 11.4 Å². The zero-order valence-corrected chi connectivity index (χ0v) is 46.4. The van der Waals surface area contributed by atoms with Gasteiger partial charge >= 0.3 is 0 Å². The van der Waals surface area contributed by atoms with E-state index in [2.05, 4.69) is 161 Å². The molecule has 1 aliphatic carbocycles. The van der Waals surface area contributed by atoms with E-state index in [0.717, 1.165) is 92.8 Å². The molecule has 7 rings (SSSR count). The van der Waals surface area contributed by atoms with Crippen LogP contribution in [0.2, 0.25) is 0 Å². The second-order valence-electron chi connectivity index (χ2n) is 21.3. The van der Waals surface area contributed by atoms with Crippen molar-refractivity contribution in [2.45, 2.75) is 155 Å². The van der Waals surface area contributed by atoms with Crippen molar-refractivity contribution in [1.82, 2.24) is 4.67 Å². The predicted octanol–water partition coefficient (Wildman–Crippen LogP) is 14.9. The zero-order valence-electron chi connectivity index (χ0n) is 44.7. The molecule has 0 bridgehead atoms. The molecule has 0 radical (unpaired) electrons. The Bertz CT molecular complexity index is 2830. The van der Waals surface area contributed by atoms with E-state index in [9.17, 15) is 13.0 Å². The van der Waals surface area contributed by atoms with Gasteiger partial charge < -0.3 is 23.2 Å². The SMILES string of the molecule is CC(C)N(C(C)C)P(OCCC#N)OCCCCCCCC[N+]1=C(/C=C/C2=C(Oc3ccccc3)C(=C/C=C3\N(CCCCS(=O)(=O)[O-])c4ccccc4C3(C)C)/CCC2)C(C)(C)c2c1ccc1ccccc21. The van der Waals surface area contributed by atoms with Gasteiger partial charge in [0.15, 0.2) is 5.71 Å². The number of benzene rings is 4. The van der Waals surface area contributed by atoms with Gasteiger partial charge in [-0.1, -0.05) is 99.8 Å². The molecule has 0 aromatic heterocycles. The van der Waals surface area contributed by atoms with Gasteiger partial charge in [0.05, 0.1) is 41.2 Å². The van der Waals surface area contributed by atoms with E-state index in [0.29, 0.717) is 39.0 Å². The van der Waals surface area contributed by atoms with Gasteiger partial charge in [-0.05, 0) is 150 Å². The highest BCUT2D eigenvalue weighted by Crippen LogP contribution is 2.49. The third-order valence-corrected chi connectivity index (χ3v) is 17.4. The van der Waals surface area contributed by atoms with Crippen LogP contribution in [-0.2, 0) is 30.0 Å². The fourth-order valence-corrected chi connectivity index (χ4v) is 13.2. The molecular weight excluding hydrogens is 948 g/mol. The van der Waals surface area contributed by atoms with Gasteiger partial charge in [0.25, 0.3) is 8.53 Å². The highest BCUT2D eigenvalue weighted by atomic mass is 32.2. The number of nitrogens with zero attached hydrogens (tertiary/aromatic N) is 4. The minimum absolute atomic E-state index is 0.256. The monoisotopic (exact) mass is 1030 g/mol. The van der Waals surface area contributed by atoms with Crippen LogP contribution in [0.3, 0.4) is 0 Å².